The zero-order chi connectivity index (χ0) is 10.8. The number of halogens is 1. The molecule has 0 saturated heterocycles. The third-order valence-electron chi connectivity index (χ3n) is 2.14. The molecule has 15 heavy (non-hydrogen) atoms. The van der Waals surface area contributed by atoms with Gasteiger partial charge in [-0.3, -0.25) is 4.79 Å². The van der Waals surface area contributed by atoms with Gasteiger partial charge >= 0.3 is 0 Å². The largest absolute Gasteiger partial charge is 0.489 e. The Kier molecular flexibility index (Phi) is 3.08. The highest BCUT2D eigenvalue weighted by Gasteiger charge is 2.26. The van der Waals surface area contributed by atoms with Crippen LogP contribution in [0.4, 0.5) is 0 Å². The lowest BCUT2D eigenvalue weighted by Crippen LogP contribution is -2.21. The van der Waals surface area contributed by atoms with Gasteiger partial charge in [0, 0.05) is 13.2 Å². The van der Waals surface area contributed by atoms with Crippen molar-refractivity contribution in [3.63, 3.8) is 0 Å². The lowest BCUT2D eigenvalue weighted by Gasteiger charge is -2.10. The standard InChI is InChI=1S/C10H11IN2O2/c1-12-10(14)8-7(15-6-2-3-6)4-5-13-9(8)11/h4-6H,2-3H2,1H3,(H,12,14). The monoisotopic (exact) mass is 318 g/mol. The normalized spacial score (nSPS) is 14.8. The number of amides is 1. The first-order chi connectivity index (χ1) is 7.22. The van der Waals surface area contributed by atoms with Crippen LogP contribution in [0.2, 0.25) is 0 Å². The minimum Gasteiger partial charge on any atom is -0.489 e. The van der Waals surface area contributed by atoms with Crippen LogP contribution in [0.25, 0.3) is 0 Å². The SMILES string of the molecule is CNC(=O)c1c(OC2CC2)ccnc1I. The fourth-order valence-electron chi connectivity index (χ4n) is 1.21. The highest BCUT2D eigenvalue weighted by molar-refractivity contribution is 14.1. The number of pyridine rings is 1. The van der Waals surface area contributed by atoms with Crippen LogP contribution in [0.1, 0.15) is 23.2 Å². The molecule has 0 unspecified atom stereocenters. The molecule has 0 bridgehead atoms. The lowest BCUT2D eigenvalue weighted by atomic mass is 10.2. The highest BCUT2D eigenvalue weighted by atomic mass is 127. The van der Waals surface area contributed by atoms with Crippen molar-refractivity contribution >= 4 is 28.5 Å². The molecule has 2 rings (SSSR count). The van der Waals surface area contributed by atoms with Crippen LogP contribution in [-0.4, -0.2) is 24.0 Å². The number of hydrogen-bond acceptors (Lipinski definition) is 3. The number of carbonyl (C=O) groups is 1. The van der Waals surface area contributed by atoms with Crippen molar-refractivity contribution in [3.05, 3.63) is 21.5 Å². The van der Waals surface area contributed by atoms with Gasteiger partial charge in [-0.15, -0.1) is 0 Å². The van der Waals surface area contributed by atoms with Gasteiger partial charge in [0.05, 0.1) is 6.10 Å². The minimum absolute atomic E-state index is 0.150. The van der Waals surface area contributed by atoms with Gasteiger partial charge in [-0.05, 0) is 41.5 Å². The zero-order valence-corrected chi connectivity index (χ0v) is 10.4. The first kappa shape index (κ1) is 10.7. The average Bonchev–Trinajstić information content (AvgIpc) is 3.01. The van der Waals surface area contributed by atoms with Crippen molar-refractivity contribution in [3.8, 4) is 5.75 Å². The van der Waals surface area contributed by atoms with Gasteiger partial charge in [-0.25, -0.2) is 4.98 Å². The number of hydrogen-bond donors (Lipinski definition) is 1. The predicted octanol–water partition coefficient (Wildman–Crippen LogP) is 1.59. The van der Waals surface area contributed by atoms with E-state index in [1.807, 2.05) is 22.6 Å². The predicted molar refractivity (Wildman–Crippen MR) is 64.0 cm³/mol. The molecule has 1 aliphatic carbocycles. The summed E-state index contributed by atoms with van der Waals surface area (Å²) in [6.07, 6.45) is 4.09. The van der Waals surface area contributed by atoms with Crippen molar-refractivity contribution in [1.29, 1.82) is 0 Å². The molecule has 0 radical (unpaired) electrons. The molecule has 80 valence electrons. The number of carbonyl (C=O) groups excluding carboxylic acids is 1. The Morgan fingerprint density at radius 3 is 3.00 bits per heavy atom. The van der Waals surface area contributed by atoms with E-state index in [0.717, 1.165) is 12.8 Å². The van der Waals surface area contributed by atoms with Crippen molar-refractivity contribution in [2.45, 2.75) is 18.9 Å². The summed E-state index contributed by atoms with van der Waals surface area (Å²) in [7, 11) is 1.60. The number of rotatable bonds is 3. The topological polar surface area (TPSA) is 51.2 Å². The second-order valence-electron chi connectivity index (χ2n) is 3.37. The number of nitrogens with zero attached hydrogens (tertiary/aromatic N) is 1. The van der Waals surface area contributed by atoms with Crippen LogP contribution in [0.15, 0.2) is 12.3 Å². The van der Waals surface area contributed by atoms with Crippen molar-refractivity contribution in [1.82, 2.24) is 10.3 Å². The summed E-state index contributed by atoms with van der Waals surface area (Å²) in [5.41, 5.74) is 0.535. The van der Waals surface area contributed by atoms with Gasteiger partial charge in [0.1, 0.15) is 15.0 Å². The molecule has 1 amide bonds. The summed E-state index contributed by atoms with van der Waals surface area (Å²) in [6, 6.07) is 1.74. The van der Waals surface area contributed by atoms with Crippen LogP contribution in [-0.2, 0) is 0 Å². The summed E-state index contributed by atoms with van der Waals surface area (Å²) >= 11 is 2.04. The summed E-state index contributed by atoms with van der Waals surface area (Å²) in [6.45, 7) is 0. The molecule has 1 saturated carbocycles. The Morgan fingerprint density at radius 1 is 1.67 bits per heavy atom. The zero-order valence-electron chi connectivity index (χ0n) is 8.29. The van der Waals surface area contributed by atoms with E-state index in [1.54, 1.807) is 19.3 Å². The molecule has 0 aromatic carbocycles. The van der Waals surface area contributed by atoms with E-state index in [9.17, 15) is 4.79 Å². The van der Waals surface area contributed by atoms with Crippen LogP contribution in [0, 0.1) is 3.70 Å². The van der Waals surface area contributed by atoms with E-state index < -0.39 is 0 Å². The fourth-order valence-corrected chi connectivity index (χ4v) is 1.89. The van der Waals surface area contributed by atoms with E-state index in [1.165, 1.54) is 0 Å². The molecule has 1 fully saturated rings. The first-order valence-electron chi connectivity index (χ1n) is 4.75. The Bertz CT molecular complexity index is 391. The van der Waals surface area contributed by atoms with Crippen molar-refractivity contribution in [2.75, 3.05) is 7.05 Å². The molecular weight excluding hydrogens is 307 g/mol. The molecule has 1 aromatic rings. The number of ether oxygens (including phenoxy) is 1. The summed E-state index contributed by atoms with van der Waals surface area (Å²) in [4.78, 5) is 15.7. The highest BCUT2D eigenvalue weighted by Crippen LogP contribution is 2.30. The molecule has 0 atom stereocenters. The van der Waals surface area contributed by atoms with E-state index in [-0.39, 0.29) is 12.0 Å². The van der Waals surface area contributed by atoms with Gasteiger partial charge in [0.2, 0.25) is 0 Å². The molecule has 4 nitrogen and oxygen atoms in total. The van der Waals surface area contributed by atoms with Crippen molar-refractivity contribution in [2.24, 2.45) is 0 Å². The van der Waals surface area contributed by atoms with Crippen LogP contribution in [0.5, 0.6) is 5.75 Å². The average molecular weight is 318 g/mol. The maximum absolute atomic E-state index is 11.6. The molecule has 1 N–H and O–H groups in total. The van der Waals surface area contributed by atoms with Gasteiger partial charge in [-0.1, -0.05) is 0 Å². The Labute approximate surface area is 102 Å². The second-order valence-corrected chi connectivity index (χ2v) is 4.39. The van der Waals surface area contributed by atoms with Gasteiger partial charge < -0.3 is 10.1 Å². The van der Waals surface area contributed by atoms with E-state index in [0.29, 0.717) is 15.0 Å². The van der Waals surface area contributed by atoms with E-state index in [4.69, 9.17) is 4.74 Å². The van der Waals surface area contributed by atoms with Crippen LogP contribution >= 0.6 is 22.6 Å². The summed E-state index contributed by atoms with van der Waals surface area (Å²) < 4.78 is 6.33. The van der Waals surface area contributed by atoms with Gasteiger partial charge in [0.25, 0.3) is 5.91 Å². The summed E-state index contributed by atoms with van der Waals surface area (Å²) in [5.74, 6) is 0.486. The summed E-state index contributed by atoms with van der Waals surface area (Å²) in [5, 5.41) is 2.59. The number of aromatic nitrogens is 1. The lowest BCUT2D eigenvalue weighted by molar-refractivity contribution is 0.0957. The molecule has 1 heterocycles. The minimum atomic E-state index is -0.150. The van der Waals surface area contributed by atoms with E-state index >= 15 is 0 Å². The maximum atomic E-state index is 11.6. The third-order valence-corrected chi connectivity index (χ3v) is 2.96. The first-order valence-corrected chi connectivity index (χ1v) is 5.83. The Morgan fingerprint density at radius 2 is 2.40 bits per heavy atom. The second kappa shape index (κ2) is 4.34. The van der Waals surface area contributed by atoms with Gasteiger partial charge in [0.15, 0.2) is 0 Å². The van der Waals surface area contributed by atoms with Crippen molar-refractivity contribution < 1.29 is 9.53 Å². The van der Waals surface area contributed by atoms with Crippen LogP contribution in [0.3, 0.4) is 0 Å². The molecule has 1 aliphatic rings. The third kappa shape index (κ3) is 2.39. The van der Waals surface area contributed by atoms with E-state index in [2.05, 4.69) is 10.3 Å². The molecule has 1 aromatic heterocycles. The molecule has 0 spiro atoms. The maximum Gasteiger partial charge on any atom is 0.257 e. The Hall–Kier alpha value is -0.850. The molecule has 5 heteroatoms. The number of nitrogens with one attached hydrogen (secondary N) is 1. The van der Waals surface area contributed by atoms with Gasteiger partial charge in [-0.2, -0.15) is 0 Å². The smallest absolute Gasteiger partial charge is 0.257 e. The van der Waals surface area contributed by atoms with Crippen LogP contribution < -0.4 is 10.1 Å². The quantitative estimate of drug-likeness (QED) is 0.680. The Balaban J connectivity index is 2.33. The molecule has 0 aliphatic heterocycles. The molecular formula is C10H11IN2O2. The fraction of sp³-hybridized carbons (Fsp3) is 0.400.